The fraction of sp³-hybridized carbons (Fsp3) is 0.674. The molecule has 2 aliphatic heterocycles. The van der Waals surface area contributed by atoms with Gasteiger partial charge in [0.15, 0.2) is 24.4 Å². The fourth-order valence-electron chi connectivity index (χ4n) is 7.46. The van der Waals surface area contributed by atoms with Crippen molar-refractivity contribution in [3.8, 4) is 0 Å². The highest BCUT2D eigenvalue weighted by molar-refractivity contribution is 5.82. The first-order valence-corrected chi connectivity index (χ1v) is 21.4. The van der Waals surface area contributed by atoms with Crippen LogP contribution in [0.15, 0.2) is 12.7 Å². The molecule has 0 unspecified atom stereocenters. The number of amides is 2. The molecule has 0 saturated carbocycles. The molecule has 0 aromatic rings. The largest absolute Gasteiger partial charge is 0.465 e. The number of esters is 10. The lowest BCUT2D eigenvalue weighted by Crippen LogP contribution is -2.70. The van der Waals surface area contributed by atoms with E-state index in [1.54, 1.807) is 0 Å². The Balaban J connectivity index is 2.94. The molecule has 0 bridgehead atoms. The Hall–Kier alpha value is -6.78. The lowest BCUT2D eigenvalue weighted by molar-refractivity contribution is -0.314. The molecule has 2 N–H and O–H groups in total. The zero-order valence-electron chi connectivity index (χ0n) is 40.9. The molecule has 28 nitrogen and oxygen atoms in total. The maximum absolute atomic E-state index is 14.4. The van der Waals surface area contributed by atoms with Crippen LogP contribution >= 0.6 is 0 Å². The Morgan fingerprint density at radius 3 is 1.25 bits per heavy atom. The molecule has 71 heavy (non-hydrogen) atoms. The zero-order chi connectivity index (χ0) is 54.0. The smallest absolute Gasteiger partial charge is 0.366 e. The molecule has 2 fully saturated rings. The second-order valence-corrected chi connectivity index (χ2v) is 15.6. The van der Waals surface area contributed by atoms with E-state index in [0.29, 0.717) is 0 Å². The normalized spacial score (nSPS) is 25.3. The Bertz CT molecular complexity index is 2010. The summed E-state index contributed by atoms with van der Waals surface area (Å²) in [5.74, 6) is -18.3. The summed E-state index contributed by atoms with van der Waals surface area (Å²) in [5, 5.41) is 4.94. The van der Waals surface area contributed by atoms with Gasteiger partial charge in [0, 0.05) is 62.3 Å². The van der Waals surface area contributed by atoms with Crippen molar-refractivity contribution in [1.82, 2.24) is 10.6 Å². The van der Waals surface area contributed by atoms with Gasteiger partial charge in [0.25, 0.3) is 11.6 Å². The van der Waals surface area contributed by atoms with Crippen molar-refractivity contribution in [3.05, 3.63) is 12.7 Å². The van der Waals surface area contributed by atoms with Gasteiger partial charge in [-0.3, -0.25) is 47.9 Å². The molecular formula is C43H60N2O26. The van der Waals surface area contributed by atoms with Gasteiger partial charge >= 0.3 is 59.7 Å². The van der Waals surface area contributed by atoms with E-state index in [9.17, 15) is 57.5 Å². The highest BCUT2D eigenvalue weighted by Crippen LogP contribution is 2.39. The van der Waals surface area contributed by atoms with Crippen molar-refractivity contribution < 1.29 is 124 Å². The number of methoxy groups -OCH3 is 2. The fourth-order valence-corrected chi connectivity index (χ4v) is 7.46. The average molecular weight is 1020 g/mol. The van der Waals surface area contributed by atoms with Gasteiger partial charge < -0.3 is 76.9 Å². The van der Waals surface area contributed by atoms with E-state index in [1.165, 1.54) is 6.08 Å². The van der Waals surface area contributed by atoms with Gasteiger partial charge in [-0.05, 0) is 0 Å². The predicted molar refractivity (Wildman–Crippen MR) is 227 cm³/mol. The van der Waals surface area contributed by atoms with Crippen LogP contribution < -0.4 is 10.6 Å². The molecule has 0 spiro atoms. The van der Waals surface area contributed by atoms with Gasteiger partial charge in [-0.1, -0.05) is 6.08 Å². The predicted octanol–water partition coefficient (Wildman–Crippen LogP) is -1.77. The van der Waals surface area contributed by atoms with Crippen molar-refractivity contribution in [1.29, 1.82) is 0 Å². The Kier molecular flexibility index (Phi) is 23.4. The molecule has 0 aromatic carbocycles. The topological polar surface area (TPSA) is 358 Å². The van der Waals surface area contributed by atoms with Gasteiger partial charge in [0.05, 0.1) is 45.8 Å². The number of carbonyl (C=O) groups excluding carboxylic acids is 12. The van der Waals surface area contributed by atoms with Crippen molar-refractivity contribution in [2.24, 2.45) is 0 Å². The molecular weight excluding hydrogens is 960 g/mol. The van der Waals surface area contributed by atoms with Gasteiger partial charge in [-0.25, -0.2) is 9.59 Å². The van der Waals surface area contributed by atoms with E-state index in [-0.39, 0.29) is 0 Å². The van der Waals surface area contributed by atoms with Crippen LogP contribution in [0.5, 0.6) is 0 Å². The van der Waals surface area contributed by atoms with Crippen LogP contribution in [0.25, 0.3) is 0 Å². The molecule has 2 saturated heterocycles. The lowest BCUT2D eigenvalue weighted by atomic mass is 9.87. The maximum atomic E-state index is 14.4. The standard InChI is InChI=1S/C43H60N2O26/c1-13-14-62-42(40(56)58-11)15-30(65-24(6)50)35(39(70-42)37(69-28(10)54)32(67-26(8)52)18-61-22(4)48)45-33(55)19-63-43(41(57)59-12)16-29(64-23(5)49)34(44-20(2)46)38(71-43)36(68-27(9)53)31(66-25(7)51)17-60-21(3)47/h13,29-32,34-39H,1,14-19H2,2-12H3,(H,44,46)(H,45,55)/t29-,30-,31+,32+,34+,35+,36+,37+,38+,39+,42+,43+/m0/s1. The number of ether oxygens (including phenoxy) is 14. The minimum Gasteiger partial charge on any atom is -0.465 e. The summed E-state index contributed by atoms with van der Waals surface area (Å²) in [6, 6.07) is -3.42. The van der Waals surface area contributed by atoms with E-state index >= 15 is 0 Å². The summed E-state index contributed by atoms with van der Waals surface area (Å²) in [6.07, 6.45) is -15.4. The highest BCUT2D eigenvalue weighted by atomic mass is 16.8. The first-order valence-electron chi connectivity index (χ1n) is 21.4. The molecule has 12 atom stereocenters. The zero-order valence-corrected chi connectivity index (χ0v) is 40.9. The molecule has 2 rings (SSSR count). The summed E-state index contributed by atoms with van der Waals surface area (Å²) in [4.78, 5) is 154. The van der Waals surface area contributed by atoms with Crippen molar-refractivity contribution in [3.63, 3.8) is 0 Å². The Morgan fingerprint density at radius 1 is 0.549 bits per heavy atom. The van der Waals surface area contributed by atoms with Crippen LogP contribution in [-0.4, -0.2) is 185 Å². The molecule has 28 heteroatoms. The minimum atomic E-state index is -2.91. The molecule has 2 amide bonds. The minimum absolute atomic E-state index is 0.435. The number of hydrogen-bond donors (Lipinski definition) is 2. The third kappa shape index (κ3) is 18.2. The lowest BCUT2D eigenvalue weighted by Gasteiger charge is -2.49. The first kappa shape index (κ1) is 60.3. The average Bonchev–Trinajstić information content (AvgIpc) is 3.26. The Morgan fingerprint density at radius 2 is 0.930 bits per heavy atom. The van der Waals surface area contributed by atoms with E-state index in [1.807, 2.05) is 0 Å². The molecule has 0 aromatic heterocycles. The quantitative estimate of drug-likeness (QED) is 0.0613. The van der Waals surface area contributed by atoms with Crippen LogP contribution in [0.1, 0.15) is 75.2 Å². The maximum Gasteiger partial charge on any atom is 0.366 e. The summed E-state index contributed by atoms with van der Waals surface area (Å²) >= 11 is 0. The second-order valence-electron chi connectivity index (χ2n) is 15.6. The summed E-state index contributed by atoms with van der Waals surface area (Å²) < 4.78 is 77.2. The molecule has 0 aliphatic carbocycles. The molecule has 2 heterocycles. The van der Waals surface area contributed by atoms with Crippen molar-refractivity contribution in [2.45, 2.75) is 148 Å². The first-order chi connectivity index (χ1) is 33.1. The highest BCUT2D eigenvalue weighted by Gasteiger charge is 2.61. The van der Waals surface area contributed by atoms with E-state index in [0.717, 1.165) is 76.5 Å². The molecule has 0 radical (unpaired) electrons. The van der Waals surface area contributed by atoms with Crippen LogP contribution in [0, 0.1) is 0 Å². The van der Waals surface area contributed by atoms with Crippen LogP contribution in [0.4, 0.5) is 0 Å². The Labute approximate surface area is 406 Å². The van der Waals surface area contributed by atoms with Crippen LogP contribution in [0.2, 0.25) is 0 Å². The van der Waals surface area contributed by atoms with Gasteiger partial charge in [-0.2, -0.15) is 0 Å². The summed E-state index contributed by atoms with van der Waals surface area (Å²) in [5.41, 5.74) is 0. The van der Waals surface area contributed by atoms with E-state index in [4.69, 9.17) is 66.3 Å². The van der Waals surface area contributed by atoms with E-state index < -0.39 is 183 Å². The summed E-state index contributed by atoms with van der Waals surface area (Å²) in [7, 11) is 1.81. The number of rotatable bonds is 24. The van der Waals surface area contributed by atoms with Crippen molar-refractivity contribution in [2.75, 3.05) is 40.6 Å². The number of hydrogen-bond acceptors (Lipinski definition) is 26. The third-order valence-electron chi connectivity index (χ3n) is 9.82. The van der Waals surface area contributed by atoms with Crippen LogP contribution in [-0.2, 0) is 124 Å². The van der Waals surface area contributed by atoms with Crippen LogP contribution in [0.3, 0.4) is 0 Å². The van der Waals surface area contributed by atoms with Gasteiger partial charge in [0.2, 0.25) is 11.8 Å². The summed E-state index contributed by atoms with van der Waals surface area (Å²) in [6.45, 7) is 8.84. The number of nitrogens with one attached hydrogen (secondary N) is 2. The third-order valence-corrected chi connectivity index (χ3v) is 9.82. The van der Waals surface area contributed by atoms with E-state index in [2.05, 4.69) is 17.2 Å². The van der Waals surface area contributed by atoms with Gasteiger partial charge in [0.1, 0.15) is 44.2 Å². The van der Waals surface area contributed by atoms with Gasteiger partial charge in [-0.15, -0.1) is 6.58 Å². The second kappa shape index (κ2) is 27.6. The number of carbonyl (C=O) groups is 12. The van der Waals surface area contributed by atoms with Crippen molar-refractivity contribution >= 4 is 71.5 Å². The SMILES string of the molecule is C=CCO[C@]1(C(=O)OC)C[C@H](OC(C)=O)[C@@H](NC(=O)CO[C@]2(C(=O)OC)C[C@H](OC(C)=O)[C@@H](NC(C)=O)[C@H]([C@H](OC(C)=O)[C@@H](COC(C)=O)OC(C)=O)O2)[C@H]([C@H](OC(C)=O)[C@@H](COC(C)=O)OC(C)=O)O1. The molecule has 2 aliphatic rings. The monoisotopic (exact) mass is 1020 g/mol. The molecule has 398 valence electrons.